The van der Waals surface area contributed by atoms with Gasteiger partial charge in [-0.3, -0.25) is 9.36 Å². The maximum absolute atomic E-state index is 12.7. The van der Waals surface area contributed by atoms with Gasteiger partial charge < -0.3 is 10.2 Å². The highest BCUT2D eigenvalue weighted by Crippen LogP contribution is 2.23. The standard InChI is InChI=1S/C20H28N6O/c1-15-21-11-13-26(15)19-10-9-18(23-24-19)25-12-5-6-16(14-25)20(27)22-17-7-3-2-4-8-17/h9-11,13,16-17H,2-8,12,14H2,1H3,(H,22,27). The minimum Gasteiger partial charge on any atom is -0.354 e. The topological polar surface area (TPSA) is 75.9 Å². The van der Waals surface area contributed by atoms with Crippen LogP contribution in [-0.4, -0.2) is 44.8 Å². The fourth-order valence-corrected chi connectivity index (χ4v) is 4.20. The lowest BCUT2D eigenvalue weighted by molar-refractivity contribution is -0.126. The van der Waals surface area contributed by atoms with Crippen LogP contribution in [-0.2, 0) is 4.79 Å². The molecule has 1 aliphatic carbocycles. The van der Waals surface area contributed by atoms with Crippen molar-refractivity contribution in [2.24, 2.45) is 5.92 Å². The molecule has 0 aromatic carbocycles. The molecule has 2 aromatic rings. The average Bonchev–Trinajstić information content (AvgIpc) is 3.15. The van der Waals surface area contributed by atoms with E-state index >= 15 is 0 Å². The molecule has 7 nitrogen and oxygen atoms in total. The van der Waals surface area contributed by atoms with Gasteiger partial charge in [0, 0.05) is 31.5 Å². The molecule has 1 N–H and O–H groups in total. The lowest BCUT2D eigenvalue weighted by Crippen LogP contribution is -2.46. The fraction of sp³-hybridized carbons (Fsp3) is 0.600. The van der Waals surface area contributed by atoms with Gasteiger partial charge >= 0.3 is 0 Å². The quantitative estimate of drug-likeness (QED) is 0.898. The molecule has 0 radical (unpaired) electrons. The molecule has 2 aliphatic rings. The van der Waals surface area contributed by atoms with Crippen LogP contribution < -0.4 is 10.2 Å². The first kappa shape index (κ1) is 17.9. The van der Waals surface area contributed by atoms with E-state index in [4.69, 9.17) is 0 Å². The van der Waals surface area contributed by atoms with Crippen molar-refractivity contribution < 1.29 is 4.79 Å². The van der Waals surface area contributed by atoms with Crippen LogP contribution in [0.15, 0.2) is 24.5 Å². The van der Waals surface area contributed by atoms with Gasteiger partial charge in [0.15, 0.2) is 11.6 Å². The Bertz CT molecular complexity index is 765. The number of rotatable bonds is 4. The molecule has 4 rings (SSSR count). The average molecular weight is 368 g/mol. The van der Waals surface area contributed by atoms with E-state index in [1.807, 2.05) is 29.8 Å². The van der Waals surface area contributed by atoms with Crippen molar-refractivity contribution in [3.05, 3.63) is 30.4 Å². The highest BCUT2D eigenvalue weighted by Gasteiger charge is 2.28. The molecule has 3 heterocycles. The van der Waals surface area contributed by atoms with E-state index in [2.05, 4.69) is 25.4 Å². The van der Waals surface area contributed by atoms with Gasteiger partial charge in [-0.2, -0.15) is 0 Å². The Labute approximate surface area is 160 Å². The highest BCUT2D eigenvalue weighted by atomic mass is 16.2. The van der Waals surface area contributed by atoms with Crippen LogP contribution in [0.3, 0.4) is 0 Å². The van der Waals surface area contributed by atoms with Gasteiger partial charge in [0.25, 0.3) is 0 Å². The molecule has 7 heteroatoms. The molecule has 2 aromatic heterocycles. The first-order valence-corrected chi connectivity index (χ1v) is 10.1. The monoisotopic (exact) mass is 368 g/mol. The number of hydrogen-bond donors (Lipinski definition) is 1. The van der Waals surface area contributed by atoms with Crippen LogP contribution in [0.25, 0.3) is 5.82 Å². The van der Waals surface area contributed by atoms with Crippen molar-refractivity contribution in [3.63, 3.8) is 0 Å². The number of imidazole rings is 1. The Hall–Kier alpha value is -2.44. The van der Waals surface area contributed by atoms with Crippen molar-refractivity contribution in [2.45, 2.75) is 57.9 Å². The molecule has 1 atom stereocenters. The van der Waals surface area contributed by atoms with Crippen molar-refractivity contribution in [1.29, 1.82) is 0 Å². The molecule has 1 aliphatic heterocycles. The summed E-state index contributed by atoms with van der Waals surface area (Å²) in [5.41, 5.74) is 0. The van der Waals surface area contributed by atoms with E-state index < -0.39 is 0 Å². The van der Waals surface area contributed by atoms with Gasteiger partial charge in [0.1, 0.15) is 5.82 Å². The lowest BCUT2D eigenvalue weighted by Gasteiger charge is -2.34. The van der Waals surface area contributed by atoms with Crippen molar-refractivity contribution in [1.82, 2.24) is 25.1 Å². The summed E-state index contributed by atoms with van der Waals surface area (Å²) in [6, 6.07) is 4.32. The first-order valence-electron chi connectivity index (χ1n) is 10.1. The largest absolute Gasteiger partial charge is 0.354 e. The fourth-order valence-electron chi connectivity index (χ4n) is 4.20. The third-order valence-electron chi connectivity index (χ3n) is 5.78. The minimum absolute atomic E-state index is 0.0399. The molecule has 1 saturated carbocycles. The number of carbonyl (C=O) groups excluding carboxylic acids is 1. The number of hydrogen-bond acceptors (Lipinski definition) is 5. The number of aromatic nitrogens is 4. The summed E-state index contributed by atoms with van der Waals surface area (Å²) >= 11 is 0. The van der Waals surface area contributed by atoms with Crippen LogP contribution in [0.2, 0.25) is 0 Å². The molecule has 1 saturated heterocycles. The third kappa shape index (κ3) is 4.12. The van der Waals surface area contributed by atoms with Crippen molar-refractivity contribution in [3.8, 4) is 5.82 Å². The number of carbonyl (C=O) groups is 1. The number of nitrogens with one attached hydrogen (secondary N) is 1. The second-order valence-electron chi connectivity index (χ2n) is 7.72. The number of aryl methyl sites for hydroxylation is 1. The molecule has 0 bridgehead atoms. The maximum atomic E-state index is 12.7. The molecule has 1 unspecified atom stereocenters. The van der Waals surface area contributed by atoms with Gasteiger partial charge in [-0.25, -0.2) is 4.98 Å². The van der Waals surface area contributed by atoms with Gasteiger partial charge in [-0.15, -0.1) is 10.2 Å². The first-order chi connectivity index (χ1) is 13.2. The zero-order valence-corrected chi connectivity index (χ0v) is 16.0. The summed E-state index contributed by atoms with van der Waals surface area (Å²) in [7, 11) is 0. The van der Waals surface area contributed by atoms with E-state index in [9.17, 15) is 4.79 Å². The summed E-state index contributed by atoms with van der Waals surface area (Å²) < 4.78 is 1.91. The SMILES string of the molecule is Cc1nccn1-c1ccc(N2CCCC(C(=O)NC3CCCCC3)C2)nn1. The van der Waals surface area contributed by atoms with E-state index in [1.54, 1.807) is 6.20 Å². The van der Waals surface area contributed by atoms with Crippen LogP contribution in [0.4, 0.5) is 5.82 Å². The Morgan fingerprint density at radius 3 is 2.56 bits per heavy atom. The van der Waals surface area contributed by atoms with E-state index in [-0.39, 0.29) is 11.8 Å². The number of piperidine rings is 1. The second kappa shape index (κ2) is 8.06. The molecule has 2 fully saturated rings. The van der Waals surface area contributed by atoms with Crippen LogP contribution in [0, 0.1) is 12.8 Å². The Morgan fingerprint density at radius 1 is 1.07 bits per heavy atom. The summed E-state index contributed by atoms with van der Waals surface area (Å²) in [6.45, 7) is 3.58. The predicted octanol–water partition coefficient (Wildman–Crippen LogP) is 2.64. The van der Waals surface area contributed by atoms with Crippen LogP contribution in [0.5, 0.6) is 0 Å². The lowest BCUT2D eigenvalue weighted by atomic mass is 9.93. The van der Waals surface area contributed by atoms with Gasteiger partial charge in [-0.05, 0) is 44.7 Å². The molecule has 0 spiro atoms. The third-order valence-corrected chi connectivity index (χ3v) is 5.78. The summed E-state index contributed by atoms with van der Waals surface area (Å²) in [5.74, 6) is 2.74. The van der Waals surface area contributed by atoms with Crippen LogP contribution >= 0.6 is 0 Å². The highest BCUT2D eigenvalue weighted by molar-refractivity contribution is 5.79. The summed E-state index contributed by atoms with van der Waals surface area (Å²) in [5, 5.41) is 12.0. The van der Waals surface area contributed by atoms with Crippen LogP contribution in [0.1, 0.15) is 50.8 Å². The smallest absolute Gasteiger partial charge is 0.225 e. The van der Waals surface area contributed by atoms with E-state index in [1.165, 1.54) is 19.3 Å². The summed E-state index contributed by atoms with van der Waals surface area (Å²) in [4.78, 5) is 19.1. The van der Waals surface area contributed by atoms with Crippen molar-refractivity contribution >= 4 is 11.7 Å². The Morgan fingerprint density at radius 2 is 1.85 bits per heavy atom. The Kier molecular flexibility index (Phi) is 5.36. The zero-order valence-electron chi connectivity index (χ0n) is 16.0. The molecule has 1 amide bonds. The molecular formula is C20H28N6O. The Balaban J connectivity index is 1.39. The maximum Gasteiger partial charge on any atom is 0.225 e. The zero-order chi connectivity index (χ0) is 18.6. The second-order valence-corrected chi connectivity index (χ2v) is 7.72. The minimum atomic E-state index is 0.0399. The number of nitrogens with zero attached hydrogens (tertiary/aromatic N) is 5. The number of amides is 1. The van der Waals surface area contributed by atoms with E-state index in [0.717, 1.165) is 56.2 Å². The normalized spacial score (nSPS) is 21.2. The molecular weight excluding hydrogens is 340 g/mol. The number of anilines is 1. The molecule has 27 heavy (non-hydrogen) atoms. The van der Waals surface area contributed by atoms with Gasteiger partial charge in [-0.1, -0.05) is 19.3 Å². The van der Waals surface area contributed by atoms with E-state index in [0.29, 0.717) is 6.04 Å². The van der Waals surface area contributed by atoms with Gasteiger partial charge in [0.2, 0.25) is 5.91 Å². The summed E-state index contributed by atoms with van der Waals surface area (Å²) in [6.07, 6.45) is 11.6. The predicted molar refractivity (Wildman–Crippen MR) is 104 cm³/mol. The molecule has 144 valence electrons. The van der Waals surface area contributed by atoms with Crippen molar-refractivity contribution in [2.75, 3.05) is 18.0 Å². The van der Waals surface area contributed by atoms with Gasteiger partial charge in [0.05, 0.1) is 5.92 Å².